The van der Waals surface area contributed by atoms with Crippen molar-refractivity contribution in [2.75, 3.05) is 18.1 Å². The molecule has 1 saturated heterocycles. The van der Waals surface area contributed by atoms with Crippen molar-refractivity contribution in [3.8, 4) is 5.75 Å². The Bertz CT molecular complexity index is 600. The first-order valence-electron chi connectivity index (χ1n) is 9.24. The van der Waals surface area contributed by atoms with Gasteiger partial charge in [0, 0.05) is 19.0 Å². The fraction of sp³-hybridized carbons (Fsp3) is 0.600. The number of nitrogens with zero attached hydrogens (tertiary/aromatic N) is 1. The number of benzene rings is 1. The van der Waals surface area contributed by atoms with Crippen molar-refractivity contribution in [1.29, 1.82) is 0 Å². The Hall–Kier alpha value is -2.04. The highest BCUT2D eigenvalue weighted by atomic mass is 16.5. The van der Waals surface area contributed by atoms with Crippen LogP contribution in [-0.2, 0) is 9.59 Å². The standard InChI is InChI=1S/C20H30N2O3/c1-5-25-18-9-7-6-8-17(18)22-13-16(12-19(22)23)20(24)21-15(4)11-10-14(2)3/h6-9,14-16H,5,10-13H2,1-4H3,(H,21,24). The monoisotopic (exact) mass is 346 g/mol. The van der Waals surface area contributed by atoms with Crippen LogP contribution in [0.3, 0.4) is 0 Å². The van der Waals surface area contributed by atoms with Crippen LogP contribution < -0.4 is 15.0 Å². The highest BCUT2D eigenvalue weighted by molar-refractivity contribution is 6.01. The summed E-state index contributed by atoms with van der Waals surface area (Å²) in [6.45, 7) is 9.24. The van der Waals surface area contributed by atoms with Crippen LogP contribution in [0, 0.1) is 11.8 Å². The molecule has 1 aliphatic heterocycles. The number of ether oxygens (including phenoxy) is 1. The Labute approximate surface area is 150 Å². The molecule has 2 amide bonds. The van der Waals surface area contributed by atoms with Crippen LogP contribution in [0.25, 0.3) is 0 Å². The van der Waals surface area contributed by atoms with E-state index < -0.39 is 0 Å². The van der Waals surface area contributed by atoms with Gasteiger partial charge in [-0.25, -0.2) is 0 Å². The minimum Gasteiger partial charge on any atom is -0.492 e. The first-order chi connectivity index (χ1) is 11.9. The maximum atomic E-state index is 12.5. The lowest BCUT2D eigenvalue weighted by Crippen LogP contribution is -2.38. The maximum absolute atomic E-state index is 12.5. The van der Waals surface area contributed by atoms with Gasteiger partial charge >= 0.3 is 0 Å². The summed E-state index contributed by atoms with van der Waals surface area (Å²) in [5.41, 5.74) is 0.748. The predicted octanol–water partition coefficient (Wildman–Crippen LogP) is 3.38. The topological polar surface area (TPSA) is 58.6 Å². The summed E-state index contributed by atoms with van der Waals surface area (Å²) in [5.74, 6) is 0.953. The quantitative estimate of drug-likeness (QED) is 0.785. The summed E-state index contributed by atoms with van der Waals surface area (Å²) >= 11 is 0. The van der Waals surface area contributed by atoms with E-state index in [1.807, 2.05) is 38.1 Å². The Balaban J connectivity index is 1.99. The van der Waals surface area contributed by atoms with E-state index in [1.54, 1.807) is 4.90 Å². The maximum Gasteiger partial charge on any atom is 0.227 e. The van der Waals surface area contributed by atoms with Crippen LogP contribution in [0.4, 0.5) is 5.69 Å². The third-order valence-electron chi connectivity index (χ3n) is 4.52. The highest BCUT2D eigenvalue weighted by Crippen LogP contribution is 2.33. The summed E-state index contributed by atoms with van der Waals surface area (Å²) in [5, 5.41) is 3.06. The van der Waals surface area contributed by atoms with Crippen molar-refractivity contribution in [2.24, 2.45) is 11.8 Å². The molecule has 0 radical (unpaired) electrons. The Morgan fingerprint density at radius 2 is 2.00 bits per heavy atom. The molecule has 1 aliphatic rings. The number of para-hydroxylation sites is 2. The lowest BCUT2D eigenvalue weighted by atomic mass is 10.0. The van der Waals surface area contributed by atoms with Gasteiger partial charge in [-0.2, -0.15) is 0 Å². The van der Waals surface area contributed by atoms with Gasteiger partial charge in [0.15, 0.2) is 0 Å². The van der Waals surface area contributed by atoms with E-state index in [0.717, 1.165) is 18.5 Å². The number of carbonyl (C=O) groups excluding carboxylic acids is 2. The molecule has 0 bridgehead atoms. The van der Waals surface area contributed by atoms with Crippen molar-refractivity contribution in [3.63, 3.8) is 0 Å². The van der Waals surface area contributed by atoms with Crippen molar-refractivity contribution in [1.82, 2.24) is 5.32 Å². The van der Waals surface area contributed by atoms with E-state index in [2.05, 4.69) is 19.2 Å². The third kappa shape index (κ3) is 5.21. The number of hydrogen-bond donors (Lipinski definition) is 1. The van der Waals surface area contributed by atoms with Gasteiger partial charge in [-0.3, -0.25) is 9.59 Å². The molecule has 138 valence electrons. The molecule has 2 atom stereocenters. The molecular formula is C20H30N2O3. The minimum absolute atomic E-state index is 0.0258. The number of rotatable bonds is 8. The summed E-state index contributed by atoms with van der Waals surface area (Å²) in [7, 11) is 0. The smallest absolute Gasteiger partial charge is 0.227 e. The van der Waals surface area contributed by atoms with Crippen molar-refractivity contribution in [2.45, 2.75) is 53.0 Å². The van der Waals surface area contributed by atoms with E-state index in [4.69, 9.17) is 4.74 Å². The van der Waals surface area contributed by atoms with Gasteiger partial charge in [-0.15, -0.1) is 0 Å². The molecule has 1 fully saturated rings. The Morgan fingerprint density at radius 1 is 1.28 bits per heavy atom. The second-order valence-corrected chi connectivity index (χ2v) is 7.19. The second kappa shape index (κ2) is 8.88. The largest absolute Gasteiger partial charge is 0.492 e. The first kappa shape index (κ1) is 19.3. The van der Waals surface area contributed by atoms with Gasteiger partial charge < -0.3 is 15.0 Å². The van der Waals surface area contributed by atoms with Gasteiger partial charge in [-0.1, -0.05) is 26.0 Å². The lowest BCUT2D eigenvalue weighted by Gasteiger charge is -2.21. The van der Waals surface area contributed by atoms with Crippen LogP contribution in [0.2, 0.25) is 0 Å². The molecule has 5 heteroatoms. The fourth-order valence-electron chi connectivity index (χ4n) is 3.09. The summed E-state index contributed by atoms with van der Waals surface area (Å²) in [4.78, 5) is 26.6. The Kier molecular flexibility index (Phi) is 6.85. The summed E-state index contributed by atoms with van der Waals surface area (Å²) in [6.07, 6.45) is 2.29. The molecule has 0 aromatic heterocycles. The van der Waals surface area contributed by atoms with Crippen LogP contribution in [-0.4, -0.2) is 31.0 Å². The lowest BCUT2D eigenvalue weighted by molar-refractivity contribution is -0.126. The zero-order valence-electron chi connectivity index (χ0n) is 15.7. The zero-order chi connectivity index (χ0) is 18.4. The van der Waals surface area contributed by atoms with Crippen molar-refractivity contribution in [3.05, 3.63) is 24.3 Å². The minimum atomic E-state index is -0.302. The van der Waals surface area contributed by atoms with Crippen LogP contribution in [0.1, 0.15) is 47.0 Å². The van der Waals surface area contributed by atoms with Gasteiger partial charge in [0.05, 0.1) is 18.2 Å². The number of anilines is 1. The number of nitrogens with one attached hydrogen (secondary N) is 1. The molecule has 1 heterocycles. The predicted molar refractivity (Wildman–Crippen MR) is 99.7 cm³/mol. The molecule has 0 spiro atoms. The van der Waals surface area contributed by atoms with Crippen molar-refractivity contribution < 1.29 is 14.3 Å². The molecule has 5 nitrogen and oxygen atoms in total. The number of hydrogen-bond acceptors (Lipinski definition) is 3. The SMILES string of the molecule is CCOc1ccccc1N1CC(C(=O)NC(C)CCC(C)C)CC1=O. The Morgan fingerprint density at radius 3 is 2.68 bits per heavy atom. The number of amides is 2. The van der Waals surface area contributed by atoms with E-state index in [1.165, 1.54) is 0 Å². The van der Waals surface area contributed by atoms with Gasteiger partial charge in [-0.05, 0) is 44.7 Å². The van der Waals surface area contributed by atoms with Crippen LogP contribution in [0.15, 0.2) is 24.3 Å². The van der Waals surface area contributed by atoms with Crippen LogP contribution >= 0.6 is 0 Å². The molecule has 0 saturated carbocycles. The van der Waals surface area contributed by atoms with Crippen molar-refractivity contribution >= 4 is 17.5 Å². The summed E-state index contributed by atoms with van der Waals surface area (Å²) < 4.78 is 5.62. The number of carbonyl (C=O) groups is 2. The normalized spacial score (nSPS) is 18.5. The highest BCUT2D eigenvalue weighted by Gasteiger charge is 2.36. The van der Waals surface area contributed by atoms with Gasteiger partial charge in [0.1, 0.15) is 5.75 Å². The molecular weight excluding hydrogens is 316 g/mol. The van der Waals surface area contributed by atoms with Gasteiger partial charge in [0.2, 0.25) is 11.8 Å². The summed E-state index contributed by atoms with van der Waals surface area (Å²) in [6, 6.07) is 7.62. The van der Waals surface area contributed by atoms with E-state index in [-0.39, 0.29) is 30.2 Å². The average Bonchev–Trinajstić information content (AvgIpc) is 2.95. The van der Waals surface area contributed by atoms with Crippen LogP contribution in [0.5, 0.6) is 5.75 Å². The molecule has 1 aromatic rings. The zero-order valence-corrected chi connectivity index (χ0v) is 15.7. The van der Waals surface area contributed by atoms with E-state index in [0.29, 0.717) is 24.8 Å². The molecule has 2 unspecified atom stereocenters. The average molecular weight is 346 g/mol. The van der Waals surface area contributed by atoms with E-state index in [9.17, 15) is 9.59 Å². The third-order valence-corrected chi connectivity index (χ3v) is 4.52. The molecule has 0 aliphatic carbocycles. The molecule has 1 aromatic carbocycles. The molecule has 25 heavy (non-hydrogen) atoms. The van der Waals surface area contributed by atoms with E-state index >= 15 is 0 Å². The molecule has 1 N–H and O–H groups in total. The fourth-order valence-corrected chi connectivity index (χ4v) is 3.09. The van der Waals surface area contributed by atoms with Gasteiger partial charge in [0.25, 0.3) is 0 Å². The second-order valence-electron chi connectivity index (χ2n) is 7.19. The molecule has 2 rings (SSSR count). The first-order valence-corrected chi connectivity index (χ1v) is 9.24.